The van der Waals surface area contributed by atoms with E-state index in [4.69, 9.17) is 11.6 Å². The number of nitrogens with zero attached hydrogens (tertiary/aromatic N) is 6. The lowest BCUT2D eigenvalue weighted by atomic mass is 10.2. The standard InChI is InChI=1S/C21H20ClFN8/c1-13-17(23)3-4-18-15(11-27-31(13)18)20-16(22)12-26-21(29-20)28-19-5-2-14(10-25-19)30-8-6-24-7-9-30/h2-5,10-12,24H,6-9H2,1H3,(H,25,26,28,29). The lowest BCUT2D eigenvalue weighted by Gasteiger charge is -2.29. The summed E-state index contributed by atoms with van der Waals surface area (Å²) in [5.74, 6) is 0.665. The molecule has 1 fully saturated rings. The van der Waals surface area contributed by atoms with Gasteiger partial charge >= 0.3 is 0 Å². The lowest BCUT2D eigenvalue weighted by Crippen LogP contribution is -2.43. The van der Waals surface area contributed by atoms with Crippen molar-refractivity contribution in [2.24, 2.45) is 0 Å². The van der Waals surface area contributed by atoms with E-state index in [-0.39, 0.29) is 5.82 Å². The van der Waals surface area contributed by atoms with Gasteiger partial charge in [-0.1, -0.05) is 11.6 Å². The molecule has 5 rings (SSSR count). The highest BCUT2D eigenvalue weighted by Crippen LogP contribution is 2.31. The average molecular weight is 439 g/mol. The molecule has 0 radical (unpaired) electrons. The first-order valence-electron chi connectivity index (χ1n) is 9.94. The first-order valence-corrected chi connectivity index (χ1v) is 10.3. The number of pyridine rings is 2. The van der Waals surface area contributed by atoms with Crippen LogP contribution in [0.5, 0.6) is 0 Å². The van der Waals surface area contributed by atoms with Crippen LogP contribution in [-0.2, 0) is 0 Å². The Balaban J connectivity index is 1.42. The molecule has 4 aromatic rings. The fourth-order valence-electron chi connectivity index (χ4n) is 3.64. The van der Waals surface area contributed by atoms with E-state index in [0.29, 0.717) is 39.3 Å². The number of halogens is 2. The van der Waals surface area contributed by atoms with Crippen LogP contribution in [-0.4, -0.2) is 50.7 Å². The Morgan fingerprint density at radius 2 is 1.90 bits per heavy atom. The monoisotopic (exact) mass is 438 g/mol. The Hall–Kier alpha value is -3.30. The van der Waals surface area contributed by atoms with E-state index in [0.717, 1.165) is 31.9 Å². The molecule has 0 bridgehead atoms. The zero-order chi connectivity index (χ0) is 21.4. The molecule has 0 aromatic carbocycles. The third-order valence-electron chi connectivity index (χ3n) is 5.33. The molecule has 1 aliphatic heterocycles. The molecule has 0 spiro atoms. The van der Waals surface area contributed by atoms with E-state index in [1.807, 2.05) is 18.3 Å². The summed E-state index contributed by atoms with van der Waals surface area (Å²) in [5, 5.41) is 11.1. The van der Waals surface area contributed by atoms with Crippen LogP contribution in [0.2, 0.25) is 5.02 Å². The predicted molar refractivity (Wildman–Crippen MR) is 119 cm³/mol. The number of fused-ring (bicyclic) bond motifs is 1. The highest BCUT2D eigenvalue weighted by atomic mass is 35.5. The van der Waals surface area contributed by atoms with Gasteiger partial charge in [0.1, 0.15) is 11.6 Å². The minimum atomic E-state index is -0.325. The molecule has 2 N–H and O–H groups in total. The third-order valence-corrected chi connectivity index (χ3v) is 5.60. The molecular formula is C21H20ClFN8. The Labute approximate surface area is 183 Å². The molecule has 158 valence electrons. The Morgan fingerprint density at radius 1 is 1.06 bits per heavy atom. The SMILES string of the molecule is Cc1c(F)ccc2c(-c3nc(Nc4ccc(N5CCNCC5)cn4)ncc3Cl)cnn12. The van der Waals surface area contributed by atoms with Crippen LogP contribution in [0.15, 0.2) is 42.9 Å². The molecule has 10 heteroatoms. The van der Waals surface area contributed by atoms with Gasteiger partial charge in [-0.05, 0) is 31.2 Å². The van der Waals surface area contributed by atoms with E-state index in [1.165, 1.54) is 16.8 Å². The maximum Gasteiger partial charge on any atom is 0.228 e. The van der Waals surface area contributed by atoms with Crippen molar-refractivity contribution in [1.82, 2.24) is 29.9 Å². The number of piperazine rings is 1. The zero-order valence-electron chi connectivity index (χ0n) is 16.8. The van der Waals surface area contributed by atoms with Gasteiger partial charge in [-0.3, -0.25) is 0 Å². The molecule has 4 aromatic heterocycles. The lowest BCUT2D eigenvalue weighted by molar-refractivity contribution is 0.589. The van der Waals surface area contributed by atoms with Gasteiger partial charge in [0, 0.05) is 31.7 Å². The maximum atomic E-state index is 13.9. The van der Waals surface area contributed by atoms with Crippen molar-refractivity contribution in [3.8, 4) is 11.3 Å². The second-order valence-electron chi connectivity index (χ2n) is 7.28. The van der Waals surface area contributed by atoms with Gasteiger partial charge in [-0.15, -0.1) is 0 Å². The van der Waals surface area contributed by atoms with Crippen molar-refractivity contribution in [1.29, 1.82) is 0 Å². The topological polar surface area (TPSA) is 83.3 Å². The van der Waals surface area contributed by atoms with Gasteiger partial charge in [-0.2, -0.15) is 5.10 Å². The largest absolute Gasteiger partial charge is 0.368 e. The Kier molecular flexibility index (Phi) is 5.13. The highest BCUT2D eigenvalue weighted by molar-refractivity contribution is 6.33. The minimum Gasteiger partial charge on any atom is -0.368 e. The quantitative estimate of drug-likeness (QED) is 0.505. The molecule has 31 heavy (non-hydrogen) atoms. The molecule has 5 heterocycles. The van der Waals surface area contributed by atoms with Gasteiger partial charge in [-0.25, -0.2) is 23.9 Å². The molecule has 1 aliphatic rings. The normalized spacial score (nSPS) is 14.2. The summed E-state index contributed by atoms with van der Waals surface area (Å²) in [6.45, 7) is 5.53. The van der Waals surface area contributed by atoms with Gasteiger partial charge < -0.3 is 15.5 Å². The predicted octanol–water partition coefficient (Wildman–Crippen LogP) is 3.44. The molecule has 0 saturated carbocycles. The first-order chi connectivity index (χ1) is 15.1. The number of aryl methyl sites for hydroxylation is 1. The maximum absolute atomic E-state index is 13.9. The van der Waals surface area contributed by atoms with Gasteiger partial charge in [0.05, 0.1) is 46.2 Å². The molecule has 0 aliphatic carbocycles. The first kappa shape index (κ1) is 19.7. The number of aromatic nitrogens is 5. The number of nitrogens with one attached hydrogen (secondary N) is 2. The molecule has 0 atom stereocenters. The van der Waals surface area contributed by atoms with Crippen molar-refractivity contribution in [3.05, 3.63) is 59.4 Å². The Morgan fingerprint density at radius 3 is 2.68 bits per heavy atom. The fourth-order valence-corrected chi connectivity index (χ4v) is 3.84. The summed E-state index contributed by atoms with van der Waals surface area (Å²) in [6.07, 6.45) is 4.99. The van der Waals surface area contributed by atoms with Crippen molar-refractivity contribution < 1.29 is 4.39 Å². The molecular weight excluding hydrogens is 419 g/mol. The number of hydrogen-bond donors (Lipinski definition) is 2. The van der Waals surface area contributed by atoms with E-state index in [9.17, 15) is 4.39 Å². The van der Waals surface area contributed by atoms with Crippen LogP contribution < -0.4 is 15.5 Å². The van der Waals surface area contributed by atoms with Crippen LogP contribution in [0.25, 0.3) is 16.8 Å². The second-order valence-corrected chi connectivity index (χ2v) is 7.68. The second kappa shape index (κ2) is 8.09. The van der Waals surface area contributed by atoms with Crippen LogP contribution in [0.3, 0.4) is 0 Å². The Bertz CT molecular complexity index is 1230. The van der Waals surface area contributed by atoms with Crippen molar-refractivity contribution in [2.45, 2.75) is 6.92 Å². The zero-order valence-corrected chi connectivity index (χ0v) is 17.6. The summed E-state index contributed by atoms with van der Waals surface area (Å²) < 4.78 is 15.4. The summed E-state index contributed by atoms with van der Waals surface area (Å²) in [5.41, 5.74) is 3.42. The van der Waals surface area contributed by atoms with Crippen LogP contribution >= 0.6 is 11.6 Å². The van der Waals surface area contributed by atoms with Crippen molar-refractivity contribution >= 4 is 34.6 Å². The molecule has 0 unspecified atom stereocenters. The fraction of sp³-hybridized carbons (Fsp3) is 0.238. The molecule has 8 nitrogen and oxygen atoms in total. The van der Waals surface area contributed by atoms with Gasteiger partial charge in [0.15, 0.2) is 0 Å². The van der Waals surface area contributed by atoms with Crippen LogP contribution in [0, 0.1) is 12.7 Å². The summed E-state index contributed by atoms with van der Waals surface area (Å²) in [4.78, 5) is 15.6. The van der Waals surface area contributed by atoms with Gasteiger partial charge in [0.2, 0.25) is 5.95 Å². The van der Waals surface area contributed by atoms with Crippen molar-refractivity contribution in [3.63, 3.8) is 0 Å². The number of hydrogen-bond acceptors (Lipinski definition) is 7. The molecule has 1 saturated heterocycles. The summed E-state index contributed by atoms with van der Waals surface area (Å²) in [6, 6.07) is 7.00. The number of rotatable bonds is 4. The average Bonchev–Trinajstić information content (AvgIpc) is 3.23. The number of anilines is 3. The van der Waals surface area contributed by atoms with E-state index < -0.39 is 0 Å². The van der Waals surface area contributed by atoms with E-state index >= 15 is 0 Å². The molecule has 0 amide bonds. The summed E-state index contributed by atoms with van der Waals surface area (Å²) >= 11 is 6.38. The minimum absolute atomic E-state index is 0.325. The van der Waals surface area contributed by atoms with Crippen LogP contribution in [0.4, 0.5) is 21.8 Å². The van der Waals surface area contributed by atoms with Crippen molar-refractivity contribution in [2.75, 3.05) is 36.4 Å². The van der Waals surface area contributed by atoms with Crippen LogP contribution in [0.1, 0.15) is 5.69 Å². The van der Waals surface area contributed by atoms with E-state index in [1.54, 1.807) is 19.2 Å². The van der Waals surface area contributed by atoms with E-state index in [2.05, 4.69) is 35.6 Å². The summed E-state index contributed by atoms with van der Waals surface area (Å²) in [7, 11) is 0. The van der Waals surface area contributed by atoms with Gasteiger partial charge in [0.25, 0.3) is 0 Å². The highest BCUT2D eigenvalue weighted by Gasteiger charge is 2.16. The third kappa shape index (κ3) is 3.77. The smallest absolute Gasteiger partial charge is 0.228 e.